The molecule has 0 radical (unpaired) electrons. The third-order valence-corrected chi connectivity index (χ3v) is 3.04. The minimum absolute atomic E-state index is 0.344. The summed E-state index contributed by atoms with van der Waals surface area (Å²) < 4.78 is 10.3. The lowest BCUT2D eigenvalue weighted by atomic mass is 9.93. The molecule has 6 nitrogen and oxygen atoms in total. The Bertz CT molecular complexity index is 230. The Kier molecular flexibility index (Phi) is 6.91. The Hall–Kier alpha value is -0.850. The molecule has 0 aromatic carbocycles. The van der Waals surface area contributed by atoms with Crippen LogP contribution in [0, 0.1) is 5.92 Å². The zero-order valence-corrected chi connectivity index (χ0v) is 10.7. The lowest BCUT2D eigenvalue weighted by molar-refractivity contribution is 0.0581. The number of methoxy groups -OCH3 is 1. The fourth-order valence-electron chi connectivity index (χ4n) is 1.93. The van der Waals surface area contributed by atoms with E-state index in [0.29, 0.717) is 31.1 Å². The first-order valence-electron chi connectivity index (χ1n) is 6.12. The standard InChI is InChI=1S/C11H24N4O2/c1-9(10-3-6-17-7-4-10)14-11(15-12)13-5-8-16-2/h9-10H,3-8,12H2,1-2H3,(H2,13,14,15). The van der Waals surface area contributed by atoms with Crippen molar-refractivity contribution in [2.75, 3.05) is 33.5 Å². The zero-order chi connectivity index (χ0) is 12.5. The molecular weight excluding hydrogens is 220 g/mol. The molecule has 1 rings (SSSR count). The second kappa shape index (κ2) is 8.27. The number of aliphatic imine (C=N–C) groups is 1. The van der Waals surface area contributed by atoms with Crippen molar-refractivity contribution in [2.45, 2.75) is 25.8 Å². The van der Waals surface area contributed by atoms with Crippen molar-refractivity contribution in [3.05, 3.63) is 0 Å². The SMILES string of the molecule is COCCN=C(NN)NC(C)C1CCOCC1. The van der Waals surface area contributed by atoms with Crippen LogP contribution in [-0.4, -0.2) is 45.5 Å². The molecule has 1 fully saturated rings. The van der Waals surface area contributed by atoms with Gasteiger partial charge in [-0.15, -0.1) is 0 Å². The first-order valence-corrected chi connectivity index (χ1v) is 6.12. The van der Waals surface area contributed by atoms with Gasteiger partial charge in [0.2, 0.25) is 5.96 Å². The van der Waals surface area contributed by atoms with E-state index in [1.807, 2.05) is 0 Å². The molecule has 1 saturated heterocycles. The van der Waals surface area contributed by atoms with E-state index in [1.54, 1.807) is 7.11 Å². The molecule has 1 aliphatic heterocycles. The second-order valence-electron chi connectivity index (χ2n) is 4.25. The summed E-state index contributed by atoms with van der Waals surface area (Å²) in [6, 6.07) is 0.344. The van der Waals surface area contributed by atoms with E-state index in [1.165, 1.54) is 0 Å². The maximum atomic E-state index is 5.42. The lowest BCUT2D eigenvalue weighted by Crippen LogP contribution is -2.48. The van der Waals surface area contributed by atoms with E-state index in [9.17, 15) is 0 Å². The highest BCUT2D eigenvalue weighted by Crippen LogP contribution is 2.18. The van der Waals surface area contributed by atoms with Crippen LogP contribution in [-0.2, 0) is 9.47 Å². The van der Waals surface area contributed by atoms with Gasteiger partial charge in [-0.3, -0.25) is 5.43 Å². The van der Waals surface area contributed by atoms with Gasteiger partial charge in [0.05, 0.1) is 13.2 Å². The number of nitrogens with two attached hydrogens (primary N) is 1. The largest absolute Gasteiger partial charge is 0.383 e. The van der Waals surface area contributed by atoms with Crippen molar-refractivity contribution in [3.8, 4) is 0 Å². The number of hydrazine groups is 1. The number of ether oxygens (including phenoxy) is 2. The average Bonchev–Trinajstić information content (AvgIpc) is 2.38. The van der Waals surface area contributed by atoms with Crippen LogP contribution in [0.15, 0.2) is 4.99 Å². The predicted molar refractivity (Wildman–Crippen MR) is 67.6 cm³/mol. The van der Waals surface area contributed by atoms with Crippen molar-refractivity contribution in [3.63, 3.8) is 0 Å². The molecule has 100 valence electrons. The van der Waals surface area contributed by atoms with E-state index < -0.39 is 0 Å². The molecule has 1 atom stereocenters. The zero-order valence-electron chi connectivity index (χ0n) is 10.7. The molecule has 0 aromatic heterocycles. The van der Waals surface area contributed by atoms with Crippen molar-refractivity contribution in [2.24, 2.45) is 16.8 Å². The lowest BCUT2D eigenvalue weighted by Gasteiger charge is -2.29. The van der Waals surface area contributed by atoms with Crippen LogP contribution >= 0.6 is 0 Å². The van der Waals surface area contributed by atoms with Gasteiger partial charge in [-0.1, -0.05) is 0 Å². The highest BCUT2D eigenvalue weighted by Gasteiger charge is 2.20. The van der Waals surface area contributed by atoms with Crippen LogP contribution < -0.4 is 16.6 Å². The number of nitrogens with zero attached hydrogens (tertiary/aromatic N) is 1. The van der Waals surface area contributed by atoms with Crippen LogP contribution in [0.25, 0.3) is 0 Å². The fraction of sp³-hybridized carbons (Fsp3) is 0.909. The van der Waals surface area contributed by atoms with Crippen LogP contribution in [0.4, 0.5) is 0 Å². The summed E-state index contributed by atoms with van der Waals surface area (Å²) in [5.74, 6) is 6.67. The van der Waals surface area contributed by atoms with Crippen LogP contribution in [0.5, 0.6) is 0 Å². The van der Waals surface area contributed by atoms with Gasteiger partial charge in [0.1, 0.15) is 0 Å². The Morgan fingerprint density at radius 2 is 2.24 bits per heavy atom. The van der Waals surface area contributed by atoms with Gasteiger partial charge in [0.25, 0.3) is 0 Å². The van der Waals surface area contributed by atoms with E-state index in [4.69, 9.17) is 15.3 Å². The van der Waals surface area contributed by atoms with E-state index in [-0.39, 0.29) is 0 Å². The molecule has 17 heavy (non-hydrogen) atoms. The third-order valence-electron chi connectivity index (χ3n) is 3.04. The van der Waals surface area contributed by atoms with Gasteiger partial charge < -0.3 is 14.8 Å². The van der Waals surface area contributed by atoms with Gasteiger partial charge in [-0.25, -0.2) is 10.8 Å². The molecule has 1 unspecified atom stereocenters. The fourth-order valence-corrected chi connectivity index (χ4v) is 1.93. The smallest absolute Gasteiger partial charge is 0.206 e. The first kappa shape index (κ1) is 14.2. The highest BCUT2D eigenvalue weighted by molar-refractivity contribution is 5.79. The van der Waals surface area contributed by atoms with Crippen molar-refractivity contribution in [1.82, 2.24) is 10.7 Å². The normalized spacial score (nSPS) is 20.1. The quantitative estimate of drug-likeness (QED) is 0.206. The molecule has 0 aromatic rings. The summed E-state index contributed by atoms with van der Waals surface area (Å²) in [6.07, 6.45) is 2.17. The molecule has 0 bridgehead atoms. The van der Waals surface area contributed by atoms with E-state index in [2.05, 4.69) is 22.7 Å². The maximum absolute atomic E-state index is 5.42. The topological polar surface area (TPSA) is 80.9 Å². The molecule has 1 heterocycles. The summed E-state index contributed by atoms with van der Waals surface area (Å²) in [6.45, 7) is 5.05. The minimum atomic E-state index is 0.344. The molecule has 1 aliphatic rings. The average molecular weight is 244 g/mol. The van der Waals surface area contributed by atoms with Crippen molar-refractivity contribution < 1.29 is 9.47 Å². The minimum Gasteiger partial charge on any atom is -0.383 e. The highest BCUT2D eigenvalue weighted by atomic mass is 16.5. The van der Waals surface area contributed by atoms with Crippen molar-refractivity contribution >= 4 is 5.96 Å². The number of hydrogen-bond acceptors (Lipinski definition) is 4. The van der Waals surface area contributed by atoms with Crippen molar-refractivity contribution in [1.29, 1.82) is 0 Å². The molecule has 0 spiro atoms. The number of nitrogens with one attached hydrogen (secondary N) is 2. The van der Waals surface area contributed by atoms with Gasteiger partial charge in [-0.2, -0.15) is 0 Å². The summed E-state index contributed by atoms with van der Waals surface area (Å²) in [5, 5.41) is 3.30. The van der Waals surface area contributed by atoms with E-state index in [0.717, 1.165) is 26.1 Å². The van der Waals surface area contributed by atoms with Crippen LogP contribution in [0.1, 0.15) is 19.8 Å². The Morgan fingerprint density at radius 3 is 2.82 bits per heavy atom. The molecule has 6 heteroatoms. The van der Waals surface area contributed by atoms with Gasteiger partial charge in [0, 0.05) is 26.4 Å². The Labute approximate surface area is 103 Å². The summed E-state index contributed by atoms with van der Waals surface area (Å²) in [4.78, 5) is 4.28. The van der Waals surface area contributed by atoms with E-state index >= 15 is 0 Å². The first-order chi connectivity index (χ1) is 8.27. The third kappa shape index (κ3) is 5.34. The Morgan fingerprint density at radius 1 is 1.53 bits per heavy atom. The number of rotatable bonds is 5. The molecule has 0 amide bonds. The number of guanidine groups is 1. The molecule has 4 N–H and O–H groups in total. The second-order valence-corrected chi connectivity index (χ2v) is 4.25. The van der Waals surface area contributed by atoms with Gasteiger partial charge in [0.15, 0.2) is 0 Å². The maximum Gasteiger partial charge on any atom is 0.206 e. The van der Waals surface area contributed by atoms with Crippen LogP contribution in [0.2, 0.25) is 0 Å². The van der Waals surface area contributed by atoms with Crippen LogP contribution in [0.3, 0.4) is 0 Å². The summed E-state index contributed by atoms with van der Waals surface area (Å²) in [5.41, 5.74) is 2.58. The monoisotopic (exact) mass is 244 g/mol. The predicted octanol–water partition coefficient (Wildman–Crippen LogP) is -0.143. The summed E-state index contributed by atoms with van der Waals surface area (Å²) >= 11 is 0. The molecular formula is C11H24N4O2. The Balaban J connectivity index is 2.35. The molecule has 0 saturated carbocycles. The van der Waals surface area contributed by atoms with Gasteiger partial charge >= 0.3 is 0 Å². The van der Waals surface area contributed by atoms with Gasteiger partial charge in [-0.05, 0) is 25.7 Å². The summed E-state index contributed by atoms with van der Waals surface area (Å²) in [7, 11) is 1.66. The molecule has 0 aliphatic carbocycles. The number of hydrogen-bond donors (Lipinski definition) is 3.